The van der Waals surface area contributed by atoms with Crippen molar-refractivity contribution in [1.29, 1.82) is 0 Å². The van der Waals surface area contributed by atoms with Gasteiger partial charge in [-0.15, -0.1) is 0 Å². The van der Waals surface area contributed by atoms with Crippen LogP contribution in [0.25, 0.3) is 0 Å². The molecule has 356 valence electrons. The van der Waals surface area contributed by atoms with Crippen molar-refractivity contribution in [2.24, 2.45) is 0 Å². The van der Waals surface area contributed by atoms with Crippen molar-refractivity contribution in [2.75, 3.05) is 19.8 Å². The Morgan fingerprint density at radius 2 is 0.726 bits per heavy atom. The monoisotopic (exact) mass is 863 g/mol. The topological polar surface area (TPSA) is 61.8 Å². The number of esters is 2. The third-order valence-corrected chi connectivity index (χ3v) is 10.9. The van der Waals surface area contributed by atoms with E-state index in [9.17, 15) is 9.59 Å². The highest BCUT2D eigenvalue weighted by molar-refractivity contribution is 5.70. The van der Waals surface area contributed by atoms with Gasteiger partial charge in [0.1, 0.15) is 6.61 Å². The minimum absolute atomic E-state index is 0.0580. The van der Waals surface area contributed by atoms with Crippen molar-refractivity contribution in [3.8, 4) is 0 Å². The van der Waals surface area contributed by atoms with Gasteiger partial charge in [-0.1, -0.05) is 215 Å². The molecule has 1 unspecified atom stereocenters. The van der Waals surface area contributed by atoms with Crippen LogP contribution < -0.4 is 0 Å². The van der Waals surface area contributed by atoms with E-state index in [-0.39, 0.29) is 25.2 Å². The lowest BCUT2D eigenvalue weighted by atomic mass is 10.1. The van der Waals surface area contributed by atoms with E-state index in [0.717, 1.165) is 83.5 Å². The lowest BCUT2D eigenvalue weighted by Gasteiger charge is -2.18. The Morgan fingerprint density at radius 1 is 0.371 bits per heavy atom. The van der Waals surface area contributed by atoms with Gasteiger partial charge in [0.25, 0.3) is 0 Å². The molecule has 1 atom stereocenters. The van der Waals surface area contributed by atoms with Crippen molar-refractivity contribution < 1.29 is 23.8 Å². The second-order valence-electron chi connectivity index (χ2n) is 17.0. The first kappa shape index (κ1) is 59.1. The molecule has 0 N–H and O–H groups in total. The molecular formula is C57H98O5. The molecule has 0 aliphatic rings. The zero-order chi connectivity index (χ0) is 44.9. The molecule has 0 spiro atoms. The average Bonchev–Trinajstić information content (AvgIpc) is 3.27. The summed E-state index contributed by atoms with van der Waals surface area (Å²) in [7, 11) is 0. The van der Waals surface area contributed by atoms with Crippen molar-refractivity contribution in [1.82, 2.24) is 0 Å². The van der Waals surface area contributed by atoms with E-state index >= 15 is 0 Å². The quantitative estimate of drug-likeness (QED) is 0.0346. The minimum atomic E-state index is -0.559. The molecule has 0 aliphatic carbocycles. The van der Waals surface area contributed by atoms with Gasteiger partial charge in [-0.05, 0) is 96.3 Å². The summed E-state index contributed by atoms with van der Waals surface area (Å²) in [4.78, 5) is 25.3. The molecule has 0 radical (unpaired) electrons. The maximum atomic E-state index is 12.8. The van der Waals surface area contributed by atoms with Crippen LogP contribution in [0.15, 0.2) is 85.1 Å². The second-order valence-corrected chi connectivity index (χ2v) is 17.0. The highest BCUT2D eigenvalue weighted by Gasteiger charge is 2.17. The predicted molar refractivity (Wildman–Crippen MR) is 270 cm³/mol. The number of allylic oxidation sites excluding steroid dienone is 14. The van der Waals surface area contributed by atoms with Gasteiger partial charge in [-0.25, -0.2) is 0 Å². The molecular weight excluding hydrogens is 765 g/mol. The number of unbranched alkanes of at least 4 members (excludes halogenated alkanes) is 22. The van der Waals surface area contributed by atoms with Crippen LogP contribution in [-0.2, 0) is 23.8 Å². The molecule has 0 rings (SSSR count). The molecule has 0 amide bonds. The molecule has 0 aromatic carbocycles. The molecule has 5 nitrogen and oxygen atoms in total. The number of rotatable bonds is 47. The van der Waals surface area contributed by atoms with Gasteiger partial charge in [0.2, 0.25) is 0 Å². The van der Waals surface area contributed by atoms with E-state index in [1.807, 2.05) is 0 Å². The summed E-state index contributed by atoms with van der Waals surface area (Å²) < 4.78 is 17.4. The molecule has 0 aromatic rings. The highest BCUT2D eigenvalue weighted by Crippen LogP contribution is 2.14. The first-order valence-electron chi connectivity index (χ1n) is 26.1. The summed E-state index contributed by atoms with van der Waals surface area (Å²) in [5, 5.41) is 0. The molecule has 0 aliphatic heterocycles. The summed E-state index contributed by atoms with van der Waals surface area (Å²) >= 11 is 0. The fourth-order valence-electron chi connectivity index (χ4n) is 7.04. The zero-order valence-corrected chi connectivity index (χ0v) is 40.9. The number of ether oxygens (including phenoxy) is 3. The molecule has 62 heavy (non-hydrogen) atoms. The van der Waals surface area contributed by atoms with Crippen LogP contribution in [0.3, 0.4) is 0 Å². The van der Waals surface area contributed by atoms with E-state index in [1.165, 1.54) is 122 Å². The van der Waals surface area contributed by atoms with Crippen LogP contribution in [0, 0.1) is 0 Å². The van der Waals surface area contributed by atoms with Gasteiger partial charge < -0.3 is 14.2 Å². The van der Waals surface area contributed by atoms with Crippen molar-refractivity contribution in [3.63, 3.8) is 0 Å². The third-order valence-electron chi connectivity index (χ3n) is 10.9. The predicted octanol–water partition coefficient (Wildman–Crippen LogP) is 17.7. The van der Waals surface area contributed by atoms with E-state index in [4.69, 9.17) is 14.2 Å². The summed E-state index contributed by atoms with van der Waals surface area (Å²) in [5.74, 6) is -0.450. The second kappa shape index (κ2) is 52.4. The summed E-state index contributed by atoms with van der Waals surface area (Å²) in [6, 6.07) is 0. The fraction of sp³-hybridized carbons (Fsp3) is 0.719. The van der Waals surface area contributed by atoms with Crippen LogP contribution in [0.1, 0.15) is 239 Å². The lowest BCUT2D eigenvalue weighted by molar-refractivity contribution is -0.163. The van der Waals surface area contributed by atoms with Crippen molar-refractivity contribution >= 4 is 11.9 Å². The van der Waals surface area contributed by atoms with E-state index in [1.54, 1.807) is 0 Å². The van der Waals surface area contributed by atoms with Gasteiger partial charge in [-0.3, -0.25) is 9.59 Å². The molecule has 0 heterocycles. The summed E-state index contributed by atoms with van der Waals surface area (Å²) in [5.41, 5.74) is 0. The van der Waals surface area contributed by atoms with Crippen LogP contribution >= 0.6 is 0 Å². The van der Waals surface area contributed by atoms with Crippen LogP contribution in [0.2, 0.25) is 0 Å². The molecule has 0 fully saturated rings. The third kappa shape index (κ3) is 49.7. The fourth-order valence-corrected chi connectivity index (χ4v) is 7.04. The molecule has 0 saturated heterocycles. The minimum Gasteiger partial charge on any atom is -0.462 e. The molecule has 5 heteroatoms. The largest absolute Gasteiger partial charge is 0.462 e. The van der Waals surface area contributed by atoms with E-state index in [2.05, 4.69) is 106 Å². The van der Waals surface area contributed by atoms with Gasteiger partial charge in [0.15, 0.2) is 6.10 Å². The first-order valence-corrected chi connectivity index (χ1v) is 26.1. The molecule has 0 aromatic heterocycles. The average molecular weight is 863 g/mol. The highest BCUT2D eigenvalue weighted by atomic mass is 16.6. The summed E-state index contributed by atoms with van der Waals surface area (Å²) in [6.45, 7) is 7.62. The standard InChI is InChI=1S/C57H98O5/c1-4-7-10-13-16-19-22-24-26-27-28-29-30-32-34-37-40-43-46-49-52-60-53-55(62-57(59)51-48-45-42-39-35-21-18-15-12-9-6-3)54-61-56(58)50-47-44-41-38-36-33-31-25-23-20-17-14-11-8-5-2/h8,11,16-17,19-20,24-26,28-29,31,36,38,55H,4-7,9-10,12-15,18,21-23,27,30,32-35,37,39-54H2,1-3H3/b11-8-,19-16-,20-17-,26-24-,29-28-,31-25-,38-36-. The van der Waals surface area contributed by atoms with E-state index in [0.29, 0.717) is 19.4 Å². The molecule has 0 bridgehead atoms. The number of carbonyl (C=O) groups excluding carboxylic acids is 2. The Bertz CT molecular complexity index is 1160. The SMILES string of the molecule is CC/C=C\C/C=C\C/C=C\C/C=C\CCCCC(=O)OCC(COCCCCCCCCC/C=C\C/C=C\C/C=C\CCCCC)OC(=O)CCCCCCCCCCCCC. The van der Waals surface area contributed by atoms with Gasteiger partial charge in [-0.2, -0.15) is 0 Å². The first-order chi connectivity index (χ1) is 30.6. The lowest BCUT2D eigenvalue weighted by Crippen LogP contribution is -2.30. The number of hydrogen-bond donors (Lipinski definition) is 0. The van der Waals surface area contributed by atoms with Gasteiger partial charge in [0.05, 0.1) is 6.61 Å². The number of carbonyl (C=O) groups is 2. The van der Waals surface area contributed by atoms with Gasteiger partial charge in [0, 0.05) is 19.4 Å². The van der Waals surface area contributed by atoms with Crippen LogP contribution in [0.5, 0.6) is 0 Å². The summed E-state index contributed by atoms with van der Waals surface area (Å²) in [6.07, 6.45) is 68.8. The maximum Gasteiger partial charge on any atom is 0.306 e. The maximum absolute atomic E-state index is 12.8. The Labute approximate surface area is 384 Å². The smallest absolute Gasteiger partial charge is 0.306 e. The normalized spacial score (nSPS) is 12.9. The van der Waals surface area contributed by atoms with Gasteiger partial charge >= 0.3 is 11.9 Å². The number of hydrogen-bond acceptors (Lipinski definition) is 5. The Balaban J connectivity index is 4.30. The Kier molecular flexibility index (Phi) is 50.0. The van der Waals surface area contributed by atoms with Crippen LogP contribution in [-0.4, -0.2) is 37.9 Å². The van der Waals surface area contributed by atoms with Crippen LogP contribution in [0.4, 0.5) is 0 Å². The Morgan fingerprint density at radius 3 is 1.23 bits per heavy atom. The van der Waals surface area contributed by atoms with Crippen molar-refractivity contribution in [2.45, 2.75) is 245 Å². The van der Waals surface area contributed by atoms with Crippen molar-refractivity contribution in [3.05, 3.63) is 85.1 Å². The Hall–Kier alpha value is -2.92. The van der Waals surface area contributed by atoms with E-state index < -0.39 is 6.10 Å². The molecule has 0 saturated carbocycles. The zero-order valence-electron chi connectivity index (χ0n) is 40.9.